The molecule has 3 amide bonds. The highest BCUT2D eigenvalue weighted by Crippen LogP contribution is 2.42. The Morgan fingerprint density at radius 3 is 2.27 bits per heavy atom. The van der Waals surface area contributed by atoms with E-state index in [2.05, 4.69) is 22.9 Å². The van der Waals surface area contributed by atoms with Gasteiger partial charge in [0.15, 0.2) is 0 Å². The van der Waals surface area contributed by atoms with Crippen LogP contribution in [0.25, 0.3) is 5.69 Å². The Kier molecular flexibility index (Phi) is 6.82. The number of amides is 3. The number of urea groups is 1. The lowest BCUT2D eigenvalue weighted by Gasteiger charge is -2.40. The van der Waals surface area contributed by atoms with Crippen molar-refractivity contribution < 1.29 is 9.59 Å². The standard InChI is InChI=1S/C31H32N4O2/c1-4-23-13-8-9-16-25(23)32-31(37)34(22(2)3)21-29(36)35-27-18-11-10-17-26(27)33-20-12-19-28(33)30(35)24-14-6-5-7-15-24/h5-20,22,30H,4,21H2,1-3H3,(H,32,37)/t30-/m1/s1. The maximum Gasteiger partial charge on any atom is 0.322 e. The minimum absolute atomic E-state index is 0.0455. The number of hydrogen-bond donors (Lipinski definition) is 1. The van der Waals surface area contributed by atoms with Crippen LogP contribution in [0.5, 0.6) is 0 Å². The molecule has 0 spiro atoms. The van der Waals surface area contributed by atoms with Crippen LogP contribution < -0.4 is 10.2 Å². The number of nitrogens with zero attached hydrogens (tertiary/aromatic N) is 3. The van der Waals surface area contributed by atoms with E-state index in [1.165, 1.54) is 0 Å². The van der Waals surface area contributed by atoms with Crippen LogP contribution in [-0.2, 0) is 11.2 Å². The zero-order chi connectivity index (χ0) is 25.9. The Hall–Kier alpha value is -4.32. The maximum absolute atomic E-state index is 14.2. The molecule has 0 fully saturated rings. The Morgan fingerprint density at radius 2 is 1.54 bits per heavy atom. The predicted octanol–water partition coefficient (Wildman–Crippen LogP) is 6.42. The van der Waals surface area contributed by atoms with Gasteiger partial charge in [-0.2, -0.15) is 0 Å². The molecule has 0 saturated carbocycles. The number of nitrogens with one attached hydrogen (secondary N) is 1. The molecule has 0 radical (unpaired) electrons. The van der Waals surface area contributed by atoms with Crippen molar-refractivity contribution in [1.82, 2.24) is 9.47 Å². The molecule has 1 atom stereocenters. The smallest absolute Gasteiger partial charge is 0.316 e. The summed E-state index contributed by atoms with van der Waals surface area (Å²) in [5.74, 6) is -0.138. The quantitative estimate of drug-likeness (QED) is 0.338. The van der Waals surface area contributed by atoms with Gasteiger partial charge in [-0.3, -0.25) is 9.69 Å². The fraction of sp³-hybridized carbons (Fsp3) is 0.226. The van der Waals surface area contributed by atoms with Crippen molar-refractivity contribution in [3.8, 4) is 5.69 Å². The molecule has 6 nitrogen and oxygen atoms in total. The minimum atomic E-state index is -0.309. The highest BCUT2D eigenvalue weighted by molar-refractivity contribution is 6.01. The molecule has 3 aromatic carbocycles. The van der Waals surface area contributed by atoms with Gasteiger partial charge in [-0.25, -0.2) is 4.79 Å². The van der Waals surface area contributed by atoms with Gasteiger partial charge in [0.25, 0.3) is 0 Å². The Bertz CT molecular complexity index is 1410. The van der Waals surface area contributed by atoms with Gasteiger partial charge in [0.05, 0.1) is 17.1 Å². The van der Waals surface area contributed by atoms with Gasteiger partial charge in [-0.1, -0.05) is 67.6 Å². The van der Waals surface area contributed by atoms with Crippen LogP contribution >= 0.6 is 0 Å². The van der Waals surface area contributed by atoms with E-state index in [1.54, 1.807) is 4.90 Å². The van der Waals surface area contributed by atoms with E-state index in [-0.39, 0.29) is 30.6 Å². The second-order valence-corrected chi connectivity index (χ2v) is 9.53. The Morgan fingerprint density at radius 1 is 0.865 bits per heavy atom. The summed E-state index contributed by atoms with van der Waals surface area (Å²) in [6.07, 6.45) is 2.84. The van der Waals surface area contributed by atoms with Crippen LogP contribution in [0.15, 0.2) is 97.2 Å². The first-order chi connectivity index (χ1) is 18.0. The van der Waals surface area contributed by atoms with Crippen molar-refractivity contribution in [2.24, 2.45) is 0 Å². The first kappa shape index (κ1) is 24.4. The van der Waals surface area contributed by atoms with Crippen molar-refractivity contribution in [3.05, 3.63) is 114 Å². The van der Waals surface area contributed by atoms with Crippen LogP contribution in [0.3, 0.4) is 0 Å². The van der Waals surface area contributed by atoms with Crippen LogP contribution in [0.1, 0.15) is 43.6 Å². The van der Waals surface area contributed by atoms with Gasteiger partial charge in [-0.15, -0.1) is 0 Å². The van der Waals surface area contributed by atoms with Crippen LogP contribution in [0, 0.1) is 0 Å². The van der Waals surface area contributed by atoms with E-state index in [1.807, 2.05) is 110 Å². The van der Waals surface area contributed by atoms with Crippen molar-refractivity contribution >= 4 is 23.3 Å². The lowest BCUT2D eigenvalue weighted by molar-refractivity contribution is -0.119. The minimum Gasteiger partial charge on any atom is -0.316 e. The van der Waals surface area contributed by atoms with Gasteiger partial charge in [-0.05, 0) is 61.7 Å². The number of benzene rings is 3. The van der Waals surface area contributed by atoms with E-state index < -0.39 is 0 Å². The first-order valence-corrected chi connectivity index (χ1v) is 12.8. The van der Waals surface area contributed by atoms with Crippen LogP contribution in [-0.4, -0.2) is 34.0 Å². The average molecular weight is 493 g/mol. The normalized spacial score (nSPS) is 14.2. The fourth-order valence-electron chi connectivity index (χ4n) is 5.06. The molecule has 0 aliphatic carbocycles. The molecule has 6 heteroatoms. The summed E-state index contributed by atoms with van der Waals surface area (Å²) in [6, 6.07) is 29.1. The molecule has 0 bridgehead atoms. The fourth-order valence-corrected chi connectivity index (χ4v) is 5.06. The molecule has 0 unspecified atom stereocenters. The third kappa shape index (κ3) is 4.62. The second kappa shape index (κ2) is 10.3. The molecule has 188 valence electrons. The molecule has 37 heavy (non-hydrogen) atoms. The summed E-state index contributed by atoms with van der Waals surface area (Å²) < 4.78 is 2.14. The topological polar surface area (TPSA) is 57.6 Å². The van der Waals surface area contributed by atoms with E-state index in [0.29, 0.717) is 0 Å². The molecule has 4 aromatic rings. The average Bonchev–Trinajstić information content (AvgIpc) is 3.41. The van der Waals surface area contributed by atoms with Crippen molar-refractivity contribution in [2.75, 3.05) is 16.8 Å². The first-order valence-electron chi connectivity index (χ1n) is 12.8. The van der Waals surface area contributed by atoms with Gasteiger partial charge in [0.2, 0.25) is 5.91 Å². The number of aromatic nitrogens is 1. The Balaban J connectivity index is 1.50. The van der Waals surface area contributed by atoms with Gasteiger partial charge in [0, 0.05) is 17.9 Å². The summed E-state index contributed by atoms with van der Waals surface area (Å²) in [5.41, 5.74) is 5.63. The third-order valence-corrected chi connectivity index (χ3v) is 6.93. The lowest BCUT2D eigenvalue weighted by Crippen LogP contribution is -2.49. The number of carbonyl (C=O) groups excluding carboxylic acids is 2. The summed E-state index contributed by atoms with van der Waals surface area (Å²) in [5, 5.41) is 3.04. The number of aryl methyl sites for hydroxylation is 1. The van der Waals surface area contributed by atoms with Crippen LogP contribution in [0.2, 0.25) is 0 Å². The van der Waals surface area contributed by atoms with Crippen molar-refractivity contribution in [2.45, 2.75) is 39.3 Å². The maximum atomic E-state index is 14.2. The van der Waals surface area contributed by atoms with Crippen molar-refractivity contribution in [3.63, 3.8) is 0 Å². The van der Waals surface area contributed by atoms with E-state index in [9.17, 15) is 9.59 Å². The molecule has 1 aliphatic heterocycles. The molecule has 1 N–H and O–H groups in total. The zero-order valence-electron chi connectivity index (χ0n) is 21.5. The number of rotatable bonds is 6. The summed E-state index contributed by atoms with van der Waals surface area (Å²) in [7, 11) is 0. The van der Waals surface area contributed by atoms with E-state index in [4.69, 9.17) is 0 Å². The second-order valence-electron chi connectivity index (χ2n) is 9.53. The molecular formula is C31H32N4O2. The number of fused-ring (bicyclic) bond motifs is 3. The largest absolute Gasteiger partial charge is 0.322 e. The molecule has 0 saturated heterocycles. The number of carbonyl (C=O) groups is 2. The van der Waals surface area contributed by atoms with Gasteiger partial charge in [0.1, 0.15) is 12.6 Å². The van der Waals surface area contributed by atoms with Crippen LogP contribution in [0.4, 0.5) is 16.2 Å². The lowest BCUT2D eigenvalue weighted by atomic mass is 9.97. The molecule has 2 heterocycles. The molecule has 1 aromatic heterocycles. The summed E-state index contributed by atoms with van der Waals surface area (Å²) in [4.78, 5) is 31.1. The highest BCUT2D eigenvalue weighted by atomic mass is 16.2. The monoisotopic (exact) mass is 492 g/mol. The zero-order valence-corrected chi connectivity index (χ0v) is 21.5. The SMILES string of the molecule is CCc1ccccc1NC(=O)N(CC(=O)N1c2ccccc2-n2cccc2[C@H]1c1ccccc1)C(C)C. The summed E-state index contributed by atoms with van der Waals surface area (Å²) >= 11 is 0. The molecule has 1 aliphatic rings. The number of anilines is 2. The number of para-hydroxylation sites is 3. The van der Waals surface area contributed by atoms with Gasteiger partial charge >= 0.3 is 6.03 Å². The molecule has 5 rings (SSSR count). The summed E-state index contributed by atoms with van der Waals surface area (Å²) in [6.45, 7) is 5.88. The van der Waals surface area contributed by atoms with Crippen molar-refractivity contribution in [1.29, 1.82) is 0 Å². The van der Waals surface area contributed by atoms with Gasteiger partial charge < -0.3 is 14.8 Å². The Labute approximate surface area is 218 Å². The number of hydrogen-bond acceptors (Lipinski definition) is 2. The highest BCUT2D eigenvalue weighted by Gasteiger charge is 2.37. The predicted molar refractivity (Wildman–Crippen MR) is 148 cm³/mol. The molecular weight excluding hydrogens is 460 g/mol. The van der Waals surface area contributed by atoms with E-state index in [0.717, 1.165) is 40.3 Å². The van der Waals surface area contributed by atoms with E-state index >= 15 is 0 Å². The third-order valence-electron chi connectivity index (χ3n) is 6.93.